The third kappa shape index (κ3) is 1.88. The van der Waals surface area contributed by atoms with E-state index in [4.69, 9.17) is 5.26 Å². The quantitative estimate of drug-likeness (QED) is 0.818. The average molecular weight is 247 g/mol. The number of imidazole rings is 1. The molecule has 0 radical (unpaired) electrons. The summed E-state index contributed by atoms with van der Waals surface area (Å²) in [5, 5.41) is 8.90. The summed E-state index contributed by atoms with van der Waals surface area (Å²) in [5.41, 5.74) is 1.60. The Hall–Kier alpha value is -2.60. The lowest BCUT2D eigenvalue weighted by molar-refractivity contribution is 0.449. The van der Waals surface area contributed by atoms with Crippen LogP contribution in [0, 0.1) is 11.3 Å². The molecule has 1 aromatic heterocycles. The summed E-state index contributed by atoms with van der Waals surface area (Å²) in [6.07, 6.45) is 14.9. The van der Waals surface area contributed by atoms with Gasteiger partial charge in [-0.2, -0.15) is 5.26 Å². The third-order valence-electron chi connectivity index (χ3n) is 3.53. The Morgan fingerprint density at radius 2 is 2.05 bits per heavy atom. The Kier molecular flexibility index (Phi) is 2.77. The van der Waals surface area contributed by atoms with E-state index in [0.717, 1.165) is 12.0 Å². The molecule has 0 amide bonds. The smallest absolute Gasteiger partial charge is 0.0991 e. The minimum atomic E-state index is -0.237. The van der Waals surface area contributed by atoms with Gasteiger partial charge in [0, 0.05) is 12.4 Å². The van der Waals surface area contributed by atoms with Crippen LogP contribution in [0.25, 0.3) is 0 Å². The average Bonchev–Trinajstić information content (AvgIpc) is 3.03. The van der Waals surface area contributed by atoms with Gasteiger partial charge >= 0.3 is 0 Å². The van der Waals surface area contributed by atoms with Gasteiger partial charge in [-0.05, 0) is 24.1 Å². The van der Waals surface area contributed by atoms with E-state index < -0.39 is 0 Å². The van der Waals surface area contributed by atoms with Crippen LogP contribution in [0.4, 0.5) is 0 Å². The van der Waals surface area contributed by atoms with E-state index in [1.54, 1.807) is 6.20 Å². The van der Waals surface area contributed by atoms with Gasteiger partial charge in [0.15, 0.2) is 0 Å². The Labute approximate surface area is 112 Å². The lowest BCUT2D eigenvalue weighted by atomic mass is 9.83. The van der Waals surface area contributed by atoms with Crippen molar-refractivity contribution in [1.82, 2.24) is 9.55 Å². The Morgan fingerprint density at radius 1 is 1.21 bits per heavy atom. The predicted octanol–water partition coefficient (Wildman–Crippen LogP) is 3.01. The Bertz CT molecular complexity index is 657. The fourth-order valence-electron chi connectivity index (χ4n) is 2.49. The Morgan fingerprint density at radius 3 is 2.63 bits per heavy atom. The van der Waals surface area contributed by atoms with Gasteiger partial charge in [-0.1, -0.05) is 36.4 Å². The van der Waals surface area contributed by atoms with Crippen LogP contribution in [0.2, 0.25) is 0 Å². The molecule has 1 aromatic carbocycles. The molecule has 0 saturated heterocycles. The molecular formula is C16H13N3. The second kappa shape index (κ2) is 4.58. The van der Waals surface area contributed by atoms with Crippen molar-refractivity contribution in [2.24, 2.45) is 0 Å². The first-order chi connectivity index (χ1) is 9.35. The first-order valence-electron chi connectivity index (χ1n) is 6.19. The summed E-state index contributed by atoms with van der Waals surface area (Å²) >= 11 is 0. The molecule has 92 valence electrons. The molecule has 3 rings (SSSR count). The molecule has 0 bridgehead atoms. The van der Waals surface area contributed by atoms with Crippen LogP contribution in [-0.4, -0.2) is 9.55 Å². The Balaban J connectivity index is 2.12. The van der Waals surface area contributed by atoms with Gasteiger partial charge in [-0.15, -0.1) is 0 Å². The normalized spacial score (nSPS) is 21.2. The van der Waals surface area contributed by atoms with Gasteiger partial charge in [-0.3, -0.25) is 0 Å². The van der Waals surface area contributed by atoms with Crippen LogP contribution in [0.5, 0.6) is 0 Å². The van der Waals surface area contributed by atoms with E-state index in [9.17, 15) is 0 Å². The summed E-state index contributed by atoms with van der Waals surface area (Å²) in [4.78, 5) is 4.15. The highest BCUT2D eigenvalue weighted by molar-refractivity contribution is 5.40. The van der Waals surface area contributed by atoms with Crippen LogP contribution in [0.3, 0.4) is 0 Å². The summed E-state index contributed by atoms with van der Waals surface area (Å²) < 4.78 is 2.11. The topological polar surface area (TPSA) is 41.6 Å². The number of hydrogen-bond acceptors (Lipinski definition) is 2. The van der Waals surface area contributed by atoms with E-state index in [2.05, 4.69) is 39.9 Å². The van der Waals surface area contributed by atoms with Crippen LogP contribution >= 0.6 is 0 Å². The highest BCUT2D eigenvalue weighted by atomic mass is 15.1. The molecule has 0 spiro atoms. The van der Waals surface area contributed by atoms with Crippen molar-refractivity contribution >= 4 is 0 Å². The molecule has 1 aliphatic carbocycles. The second-order valence-corrected chi connectivity index (χ2v) is 4.57. The maximum Gasteiger partial charge on any atom is 0.0991 e. The molecule has 0 saturated carbocycles. The van der Waals surface area contributed by atoms with Crippen molar-refractivity contribution in [3.63, 3.8) is 0 Å². The van der Waals surface area contributed by atoms with Crippen molar-refractivity contribution in [3.8, 4) is 6.07 Å². The van der Waals surface area contributed by atoms with Gasteiger partial charge in [0.1, 0.15) is 0 Å². The van der Waals surface area contributed by atoms with Gasteiger partial charge in [-0.25, -0.2) is 4.98 Å². The predicted molar refractivity (Wildman–Crippen MR) is 73.4 cm³/mol. The summed E-state index contributed by atoms with van der Waals surface area (Å²) in [6.45, 7) is 0. The van der Waals surface area contributed by atoms with Gasteiger partial charge in [0.25, 0.3) is 0 Å². The summed E-state index contributed by atoms with van der Waals surface area (Å²) in [5.74, 6) is 0. The summed E-state index contributed by atoms with van der Waals surface area (Å²) in [7, 11) is 0. The molecule has 19 heavy (non-hydrogen) atoms. The highest BCUT2D eigenvalue weighted by Gasteiger charge is 2.30. The molecule has 3 nitrogen and oxygen atoms in total. The molecule has 3 heteroatoms. The number of nitriles is 1. The van der Waals surface area contributed by atoms with E-state index in [1.165, 1.54) is 0 Å². The van der Waals surface area contributed by atoms with E-state index in [1.807, 2.05) is 36.8 Å². The fourth-order valence-corrected chi connectivity index (χ4v) is 2.49. The standard InChI is InChI=1S/C16H13N3/c17-12-14-4-6-15(7-5-14)16(8-2-1-3-9-16)19-11-10-18-13-19/h1-8,10-11,13H,9H2. The molecule has 1 unspecified atom stereocenters. The molecular weight excluding hydrogens is 234 g/mol. The third-order valence-corrected chi connectivity index (χ3v) is 3.53. The summed E-state index contributed by atoms with van der Waals surface area (Å²) in [6, 6.07) is 9.91. The van der Waals surface area contributed by atoms with Gasteiger partial charge < -0.3 is 4.57 Å². The molecule has 0 N–H and O–H groups in total. The van der Waals surface area contributed by atoms with E-state index in [-0.39, 0.29) is 5.54 Å². The second-order valence-electron chi connectivity index (χ2n) is 4.57. The number of aromatic nitrogens is 2. The van der Waals surface area contributed by atoms with Crippen LogP contribution < -0.4 is 0 Å². The van der Waals surface area contributed by atoms with Gasteiger partial charge in [0.2, 0.25) is 0 Å². The zero-order valence-corrected chi connectivity index (χ0v) is 10.4. The molecule has 1 aliphatic rings. The first-order valence-corrected chi connectivity index (χ1v) is 6.19. The van der Waals surface area contributed by atoms with Crippen LogP contribution in [-0.2, 0) is 5.54 Å². The minimum absolute atomic E-state index is 0.237. The lowest BCUT2D eigenvalue weighted by Gasteiger charge is -2.33. The monoisotopic (exact) mass is 247 g/mol. The van der Waals surface area contributed by atoms with Crippen molar-refractivity contribution in [2.75, 3.05) is 0 Å². The number of rotatable bonds is 2. The first kappa shape index (κ1) is 11.5. The number of allylic oxidation sites excluding steroid dienone is 4. The number of nitrogens with zero attached hydrogens (tertiary/aromatic N) is 3. The van der Waals surface area contributed by atoms with Gasteiger partial charge in [0.05, 0.1) is 23.5 Å². The zero-order valence-electron chi connectivity index (χ0n) is 10.4. The van der Waals surface area contributed by atoms with E-state index >= 15 is 0 Å². The molecule has 2 aromatic rings. The van der Waals surface area contributed by atoms with E-state index in [0.29, 0.717) is 5.56 Å². The van der Waals surface area contributed by atoms with Crippen molar-refractivity contribution in [2.45, 2.75) is 12.0 Å². The lowest BCUT2D eigenvalue weighted by Crippen LogP contribution is -2.32. The maximum absolute atomic E-state index is 8.90. The molecule has 1 atom stereocenters. The zero-order chi connectivity index (χ0) is 13.1. The van der Waals surface area contributed by atoms with Crippen molar-refractivity contribution < 1.29 is 0 Å². The fraction of sp³-hybridized carbons (Fsp3) is 0.125. The van der Waals surface area contributed by atoms with Crippen molar-refractivity contribution in [1.29, 1.82) is 5.26 Å². The largest absolute Gasteiger partial charge is 0.323 e. The van der Waals surface area contributed by atoms with Crippen molar-refractivity contribution in [3.05, 3.63) is 78.4 Å². The highest BCUT2D eigenvalue weighted by Crippen LogP contribution is 2.34. The SMILES string of the molecule is N#Cc1ccc(C2(n3ccnc3)C=CC=CC2)cc1. The van der Waals surface area contributed by atoms with Crippen LogP contribution in [0.15, 0.2) is 67.3 Å². The number of benzene rings is 1. The minimum Gasteiger partial charge on any atom is -0.323 e. The maximum atomic E-state index is 8.90. The molecule has 0 fully saturated rings. The molecule has 1 heterocycles. The number of hydrogen-bond donors (Lipinski definition) is 0. The van der Waals surface area contributed by atoms with Crippen LogP contribution in [0.1, 0.15) is 17.5 Å². The molecule has 0 aliphatic heterocycles.